The Morgan fingerprint density at radius 3 is 2.64 bits per heavy atom. The molecule has 0 spiro atoms. The van der Waals surface area contributed by atoms with Crippen molar-refractivity contribution in [3.63, 3.8) is 0 Å². The lowest BCUT2D eigenvalue weighted by atomic mass is 10.2. The van der Waals surface area contributed by atoms with Crippen LogP contribution in [0.1, 0.15) is 19.3 Å². The molecule has 0 fully saturated rings. The Hall–Kier alpha value is -0.730. The number of unbranched alkanes of at least 4 members (excludes halogenated alkanes) is 2. The van der Waals surface area contributed by atoms with E-state index in [0.29, 0.717) is 6.61 Å². The van der Waals surface area contributed by atoms with E-state index in [2.05, 4.69) is 23.6 Å². The number of aliphatic hydroxyl groups is 1. The molecular formula is C12H16OS. The fraction of sp³-hybridized carbons (Fsp3) is 0.333. The van der Waals surface area contributed by atoms with E-state index in [-0.39, 0.29) is 0 Å². The minimum Gasteiger partial charge on any atom is -0.396 e. The Morgan fingerprint density at radius 1 is 1.14 bits per heavy atom. The third-order valence-electron chi connectivity index (χ3n) is 1.82. The van der Waals surface area contributed by atoms with Gasteiger partial charge in [0.25, 0.3) is 0 Å². The molecule has 1 rings (SSSR count). The summed E-state index contributed by atoms with van der Waals surface area (Å²) in [5, 5.41) is 10.7. The highest BCUT2D eigenvalue weighted by Crippen LogP contribution is 2.18. The van der Waals surface area contributed by atoms with E-state index in [1.807, 2.05) is 18.2 Å². The fourth-order valence-corrected chi connectivity index (χ4v) is 1.77. The molecule has 0 aliphatic rings. The second kappa shape index (κ2) is 7.65. The van der Waals surface area contributed by atoms with E-state index in [4.69, 9.17) is 5.11 Å². The topological polar surface area (TPSA) is 20.2 Å². The summed E-state index contributed by atoms with van der Waals surface area (Å²) in [6.45, 7) is 0.305. The highest BCUT2D eigenvalue weighted by atomic mass is 32.2. The SMILES string of the molecule is OCCCC/C=C/Sc1ccccc1. The van der Waals surface area contributed by atoms with Crippen LogP contribution in [0.4, 0.5) is 0 Å². The molecule has 1 aromatic carbocycles. The minimum absolute atomic E-state index is 0.305. The van der Waals surface area contributed by atoms with Gasteiger partial charge < -0.3 is 5.11 Å². The van der Waals surface area contributed by atoms with Crippen LogP contribution in [-0.4, -0.2) is 11.7 Å². The third-order valence-corrected chi connectivity index (χ3v) is 2.70. The standard InChI is InChI=1S/C12H16OS/c13-10-6-1-2-7-11-14-12-8-4-3-5-9-12/h3-5,7-9,11,13H,1-2,6,10H2/b11-7+. The summed E-state index contributed by atoms with van der Waals surface area (Å²) in [5.41, 5.74) is 0. The lowest BCUT2D eigenvalue weighted by Crippen LogP contribution is -1.79. The molecule has 0 aliphatic heterocycles. The Balaban J connectivity index is 2.14. The van der Waals surface area contributed by atoms with Gasteiger partial charge in [0, 0.05) is 11.5 Å². The van der Waals surface area contributed by atoms with Crippen molar-refractivity contribution in [2.24, 2.45) is 0 Å². The van der Waals surface area contributed by atoms with Crippen LogP contribution < -0.4 is 0 Å². The molecule has 0 amide bonds. The van der Waals surface area contributed by atoms with Gasteiger partial charge in [-0.05, 0) is 36.8 Å². The number of hydrogen-bond acceptors (Lipinski definition) is 2. The zero-order chi connectivity index (χ0) is 10.1. The normalized spacial score (nSPS) is 10.9. The number of rotatable bonds is 6. The zero-order valence-electron chi connectivity index (χ0n) is 8.23. The van der Waals surface area contributed by atoms with E-state index in [9.17, 15) is 0 Å². The lowest BCUT2D eigenvalue weighted by molar-refractivity contribution is 0.285. The van der Waals surface area contributed by atoms with Crippen molar-refractivity contribution in [2.45, 2.75) is 24.2 Å². The Kier molecular flexibility index (Phi) is 6.20. The first-order valence-electron chi connectivity index (χ1n) is 4.91. The first kappa shape index (κ1) is 11.3. The molecule has 0 heterocycles. The second-order valence-electron chi connectivity index (χ2n) is 3.02. The number of aliphatic hydroxyl groups excluding tert-OH is 1. The maximum Gasteiger partial charge on any atom is 0.0431 e. The minimum atomic E-state index is 0.305. The monoisotopic (exact) mass is 208 g/mol. The van der Waals surface area contributed by atoms with E-state index in [1.165, 1.54) is 4.90 Å². The highest BCUT2D eigenvalue weighted by molar-refractivity contribution is 8.02. The maximum absolute atomic E-state index is 8.57. The van der Waals surface area contributed by atoms with Gasteiger partial charge in [-0.3, -0.25) is 0 Å². The first-order valence-corrected chi connectivity index (χ1v) is 5.79. The maximum atomic E-state index is 8.57. The van der Waals surface area contributed by atoms with Crippen molar-refractivity contribution < 1.29 is 5.11 Å². The summed E-state index contributed by atoms with van der Waals surface area (Å²) in [6, 6.07) is 10.3. The summed E-state index contributed by atoms with van der Waals surface area (Å²) in [5.74, 6) is 0. The number of thioether (sulfide) groups is 1. The van der Waals surface area contributed by atoms with Gasteiger partial charge in [-0.15, -0.1) is 0 Å². The average molecular weight is 208 g/mol. The van der Waals surface area contributed by atoms with Gasteiger partial charge in [-0.2, -0.15) is 0 Å². The molecule has 0 aromatic heterocycles. The lowest BCUT2D eigenvalue weighted by Gasteiger charge is -1.94. The van der Waals surface area contributed by atoms with Crippen molar-refractivity contribution in [1.29, 1.82) is 0 Å². The first-order chi connectivity index (χ1) is 6.93. The van der Waals surface area contributed by atoms with Gasteiger partial charge in [0.05, 0.1) is 0 Å². The summed E-state index contributed by atoms with van der Waals surface area (Å²) < 4.78 is 0. The number of hydrogen-bond donors (Lipinski definition) is 1. The molecule has 0 bridgehead atoms. The van der Waals surface area contributed by atoms with Gasteiger partial charge in [0.15, 0.2) is 0 Å². The predicted octanol–water partition coefficient (Wildman–Crippen LogP) is 3.46. The van der Waals surface area contributed by atoms with Crippen LogP contribution in [0.5, 0.6) is 0 Å². The molecule has 76 valence electrons. The van der Waals surface area contributed by atoms with Crippen molar-refractivity contribution in [3.8, 4) is 0 Å². The Bertz CT molecular complexity index is 256. The predicted molar refractivity (Wildman–Crippen MR) is 62.4 cm³/mol. The molecule has 1 aromatic rings. The van der Waals surface area contributed by atoms with Crippen molar-refractivity contribution >= 4 is 11.8 Å². The molecule has 1 N–H and O–H groups in total. The average Bonchev–Trinajstić information content (AvgIpc) is 2.25. The van der Waals surface area contributed by atoms with Gasteiger partial charge in [-0.1, -0.05) is 36.0 Å². The van der Waals surface area contributed by atoms with Gasteiger partial charge in [0.1, 0.15) is 0 Å². The largest absolute Gasteiger partial charge is 0.396 e. The van der Waals surface area contributed by atoms with Crippen molar-refractivity contribution in [2.75, 3.05) is 6.61 Å². The van der Waals surface area contributed by atoms with E-state index in [1.54, 1.807) is 11.8 Å². The van der Waals surface area contributed by atoms with Gasteiger partial charge in [0.2, 0.25) is 0 Å². The summed E-state index contributed by atoms with van der Waals surface area (Å²) >= 11 is 1.74. The fourth-order valence-electron chi connectivity index (χ4n) is 1.07. The summed E-state index contributed by atoms with van der Waals surface area (Å²) in [7, 11) is 0. The molecule has 1 nitrogen and oxygen atoms in total. The molecule has 0 aliphatic carbocycles. The second-order valence-corrected chi connectivity index (χ2v) is 4.00. The molecule has 14 heavy (non-hydrogen) atoms. The van der Waals surface area contributed by atoms with Crippen LogP contribution in [-0.2, 0) is 0 Å². The molecular weight excluding hydrogens is 192 g/mol. The summed E-state index contributed by atoms with van der Waals surface area (Å²) in [6.07, 6.45) is 5.19. The molecule has 2 heteroatoms. The summed E-state index contributed by atoms with van der Waals surface area (Å²) in [4.78, 5) is 1.27. The third kappa shape index (κ3) is 5.10. The van der Waals surface area contributed by atoms with E-state index >= 15 is 0 Å². The van der Waals surface area contributed by atoms with Crippen LogP contribution in [0.3, 0.4) is 0 Å². The molecule has 0 radical (unpaired) electrons. The smallest absolute Gasteiger partial charge is 0.0431 e. The molecule has 0 saturated carbocycles. The van der Waals surface area contributed by atoms with Crippen LogP contribution in [0.2, 0.25) is 0 Å². The quantitative estimate of drug-likeness (QED) is 0.570. The van der Waals surface area contributed by atoms with Gasteiger partial charge >= 0.3 is 0 Å². The van der Waals surface area contributed by atoms with E-state index in [0.717, 1.165) is 19.3 Å². The van der Waals surface area contributed by atoms with E-state index < -0.39 is 0 Å². The van der Waals surface area contributed by atoms with Crippen molar-refractivity contribution in [3.05, 3.63) is 41.8 Å². The zero-order valence-corrected chi connectivity index (χ0v) is 9.04. The molecule has 0 atom stereocenters. The van der Waals surface area contributed by atoms with Crippen LogP contribution in [0.25, 0.3) is 0 Å². The molecule has 0 saturated heterocycles. The van der Waals surface area contributed by atoms with Crippen LogP contribution in [0, 0.1) is 0 Å². The number of benzene rings is 1. The van der Waals surface area contributed by atoms with Crippen LogP contribution in [0.15, 0.2) is 46.7 Å². The van der Waals surface area contributed by atoms with Gasteiger partial charge in [-0.25, -0.2) is 0 Å². The molecule has 0 unspecified atom stereocenters. The van der Waals surface area contributed by atoms with Crippen LogP contribution >= 0.6 is 11.8 Å². The highest BCUT2D eigenvalue weighted by Gasteiger charge is 1.86. The Morgan fingerprint density at radius 2 is 1.93 bits per heavy atom. The number of allylic oxidation sites excluding steroid dienone is 1. The Labute approximate surface area is 89.8 Å². The van der Waals surface area contributed by atoms with Crippen molar-refractivity contribution in [1.82, 2.24) is 0 Å².